The number of nitrogens with one attached hydrogen (secondary N) is 2. The van der Waals surface area contributed by atoms with Crippen LogP contribution >= 0.6 is 0 Å². The van der Waals surface area contributed by atoms with Gasteiger partial charge in [-0.1, -0.05) is 18.2 Å². The molecule has 3 aromatic rings. The maximum atomic E-state index is 13.0. The van der Waals surface area contributed by atoms with Crippen molar-refractivity contribution in [2.45, 2.75) is 19.0 Å². The second-order valence-corrected chi connectivity index (χ2v) is 7.41. The van der Waals surface area contributed by atoms with Gasteiger partial charge in [-0.05, 0) is 36.2 Å². The van der Waals surface area contributed by atoms with Gasteiger partial charge in [-0.25, -0.2) is 0 Å². The van der Waals surface area contributed by atoms with Gasteiger partial charge in [0.15, 0.2) is 11.5 Å². The Morgan fingerprint density at radius 2 is 2.00 bits per heavy atom. The molecule has 8 heteroatoms. The van der Waals surface area contributed by atoms with Gasteiger partial charge in [0.2, 0.25) is 12.7 Å². The number of nitrogens with zero attached hydrogens (tertiary/aromatic N) is 1. The van der Waals surface area contributed by atoms with E-state index in [9.17, 15) is 14.7 Å². The quantitative estimate of drug-likeness (QED) is 0.609. The summed E-state index contributed by atoms with van der Waals surface area (Å²) in [6.45, 7) is 0.581. The van der Waals surface area contributed by atoms with Crippen LogP contribution < -0.4 is 14.8 Å². The lowest BCUT2D eigenvalue weighted by atomic mass is 10.0. The number of hydrogen-bond acceptors (Lipinski definition) is 5. The van der Waals surface area contributed by atoms with Gasteiger partial charge < -0.3 is 29.8 Å². The Morgan fingerprint density at radius 3 is 2.87 bits per heavy atom. The first-order chi connectivity index (χ1) is 14.6. The summed E-state index contributed by atoms with van der Waals surface area (Å²) in [6.07, 6.45) is 0.722. The minimum Gasteiger partial charge on any atom is -0.454 e. The molecule has 2 amide bonds. The lowest BCUT2D eigenvalue weighted by molar-refractivity contribution is -0.135. The van der Waals surface area contributed by atoms with E-state index in [4.69, 9.17) is 9.47 Å². The Kier molecular flexibility index (Phi) is 4.55. The number of carbonyl (C=O) groups excluding carboxylic acids is 2. The third-order valence-electron chi connectivity index (χ3n) is 5.62. The third-order valence-corrected chi connectivity index (χ3v) is 5.62. The summed E-state index contributed by atoms with van der Waals surface area (Å²) in [4.78, 5) is 30.7. The van der Waals surface area contributed by atoms with Crippen LogP contribution in [0.1, 0.15) is 21.6 Å². The van der Waals surface area contributed by atoms with Crippen LogP contribution in [-0.4, -0.2) is 52.8 Å². The largest absolute Gasteiger partial charge is 0.454 e. The van der Waals surface area contributed by atoms with Crippen LogP contribution in [-0.2, 0) is 17.8 Å². The zero-order chi connectivity index (χ0) is 20.7. The van der Waals surface area contributed by atoms with Crippen LogP contribution in [0.3, 0.4) is 0 Å². The van der Waals surface area contributed by atoms with E-state index >= 15 is 0 Å². The van der Waals surface area contributed by atoms with Crippen LogP contribution in [0.25, 0.3) is 10.9 Å². The van der Waals surface area contributed by atoms with Gasteiger partial charge in [0, 0.05) is 28.7 Å². The molecular formula is C22H21N3O5. The van der Waals surface area contributed by atoms with Gasteiger partial charge in [-0.2, -0.15) is 0 Å². The molecule has 5 rings (SSSR count). The number of amides is 2. The molecule has 1 aromatic heterocycles. The second kappa shape index (κ2) is 7.38. The Labute approximate surface area is 172 Å². The number of aliphatic hydroxyl groups is 1. The fraction of sp³-hybridized carbons (Fsp3) is 0.273. The predicted molar refractivity (Wildman–Crippen MR) is 108 cm³/mol. The first kappa shape index (κ1) is 18.5. The highest BCUT2D eigenvalue weighted by Gasteiger charge is 2.30. The molecule has 1 unspecified atom stereocenters. The van der Waals surface area contributed by atoms with Crippen LogP contribution in [0, 0.1) is 0 Å². The van der Waals surface area contributed by atoms with Gasteiger partial charge in [0.25, 0.3) is 5.91 Å². The molecule has 0 spiro atoms. The van der Waals surface area contributed by atoms with E-state index in [1.54, 1.807) is 23.1 Å². The van der Waals surface area contributed by atoms with E-state index < -0.39 is 18.6 Å². The molecule has 0 radical (unpaired) electrons. The van der Waals surface area contributed by atoms with Gasteiger partial charge in [-0.3, -0.25) is 9.59 Å². The summed E-state index contributed by atoms with van der Waals surface area (Å²) >= 11 is 0. The number of ether oxygens (including phenoxy) is 2. The second-order valence-electron chi connectivity index (χ2n) is 7.41. The highest BCUT2D eigenvalue weighted by atomic mass is 16.7. The highest BCUT2D eigenvalue weighted by Crippen LogP contribution is 2.32. The molecule has 2 aliphatic heterocycles. The highest BCUT2D eigenvalue weighted by molar-refractivity contribution is 5.98. The number of hydrogen-bond donors (Lipinski definition) is 3. The van der Waals surface area contributed by atoms with Gasteiger partial charge >= 0.3 is 0 Å². The standard InChI is InChI=1S/C22H21N3O5/c26-11-18(24-21(27)13-5-6-19-20(9-13)30-12-29-19)22(28)25-8-7-15-14-3-1-2-4-16(14)23-17(15)10-25/h1-6,9,18,23,26H,7-8,10-12H2,(H,24,27). The van der Waals surface area contributed by atoms with Crippen molar-refractivity contribution in [3.05, 3.63) is 59.3 Å². The van der Waals surface area contributed by atoms with Crippen molar-refractivity contribution in [1.82, 2.24) is 15.2 Å². The molecule has 8 nitrogen and oxygen atoms in total. The number of fused-ring (bicyclic) bond motifs is 4. The number of aliphatic hydroxyl groups excluding tert-OH is 1. The van der Waals surface area contributed by atoms with Crippen molar-refractivity contribution < 1.29 is 24.2 Å². The Hall–Kier alpha value is -3.52. The maximum absolute atomic E-state index is 13.0. The van der Waals surface area contributed by atoms with Gasteiger partial charge in [0.1, 0.15) is 6.04 Å². The molecular weight excluding hydrogens is 386 g/mol. The lowest BCUT2D eigenvalue weighted by Crippen LogP contribution is -2.51. The molecule has 3 heterocycles. The van der Waals surface area contributed by atoms with Crippen molar-refractivity contribution >= 4 is 22.7 Å². The molecule has 1 atom stereocenters. The van der Waals surface area contributed by atoms with Gasteiger partial charge in [0.05, 0.1) is 13.2 Å². The molecule has 0 saturated carbocycles. The summed E-state index contributed by atoms with van der Waals surface area (Å²) in [5.41, 5.74) is 3.60. The van der Waals surface area contributed by atoms with Crippen molar-refractivity contribution in [3.8, 4) is 11.5 Å². The van der Waals surface area contributed by atoms with Crippen molar-refractivity contribution in [2.24, 2.45) is 0 Å². The summed E-state index contributed by atoms with van der Waals surface area (Å²) in [5, 5.41) is 13.6. The van der Waals surface area contributed by atoms with E-state index in [1.165, 1.54) is 10.9 Å². The number of carbonyl (C=O) groups is 2. The van der Waals surface area contributed by atoms with E-state index in [0.29, 0.717) is 30.2 Å². The Balaban J connectivity index is 1.30. The van der Waals surface area contributed by atoms with Crippen LogP contribution in [0.2, 0.25) is 0 Å². The van der Waals surface area contributed by atoms with E-state index in [-0.39, 0.29) is 12.7 Å². The molecule has 0 fully saturated rings. The molecule has 154 valence electrons. The predicted octanol–water partition coefficient (Wildman–Crippen LogP) is 1.57. The van der Waals surface area contributed by atoms with E-state index in [2.05, 4.69) is 16.4 Å². The Morgan fingerprint density at radius 1 is 1.17 bits per heavy atom. The van der Waals surface area contributed by atoms with Gasteiger partial charge in [-0.15, -0.1) is 0 Å². The smallest absolute Gasteiger partial charge is 0.252 e. The van der Waals surface area contributed by atoms with E-state index in [1.807, 2.05) is 18.2 Å². The van der Waals surface area contributed by atoms with Crippen LogP contribution in [0.4, 0.5) is 0 Å². The normalized spacial score (nSPS) is 15.7. The SMILES string of the molecule is O=C(NC(CO)C(=O)N1CCc2c([nH]c3ccccc23)C1)c1ccc2c(c1)OCO2. The van der Waals surface area contributed by atoms with Crippen LogP contribution in [0.15, 0.2) is 42.5 Å². The van der Waals surface area contributed by atoms with Crippen LogP contribution in [0.5, 0.6) is 11.5 Å². The van der Waals surface area contributed by atoms with E-state index in [0.717, 1.165) is 17.6 Å². The third kappa shape index (κ3) is 3.15. The topological polar surface area (TPSA) is 104 Å². The summed E-state index contributed by atoms with van der Waals surface area (Å²) in [7, 11) is 0. The maximum Gasteiger partial charge on any atom is 0.252 e. The monoisotopic (exact) mass is 407 g/mol. The molecule has 2 aromatic carbocycles. The number of aromatic amines is 1. The molecule has 0 bridgehead atoms. The number of benzene rings is 2. The summed E-state index contributed by atoms with van der Waals surface area (Å²) < 4.78 is 10.5. The number of aromatic nitrogens is 1. The zero-order valence-corrected chi connectivity index (χ0v) is 16.2. The summed E-state index contributed by atoms with van der Waals surface area (Å²) in [5.74, 6) is 0.292. The average molecular weight is 407 g/mol. The van der Waals surface area contributed by atoms with Crippen molar-refractivity contribution in [3.63, 3.8) is 0 Å². The van der Waals surface area contributed by atoms with Crippen molar-refractivity contribution in [2.75, 3.05) is 19.9 Å². The number of H-pyrrole nitrogens is 1. The minimum absolute atomic E-state index is 0.114. The molecule has 2 aliphatic rings. The minimum atomic E-state index is -1.02. The fourth-order valence-corrected chi connectivity index (χ4v) is 4.07. The number of para-hydroxylation sites is 1. The lowest BCUT2D eigenvalue weighted by Gasteiger charge is -2.30. The molecule has 0 saturated heterocycles. The Bertz CT molecular complexity index is 1140. The fourth-order valence-electron chi connectivity index (χ4n) is 4.07. The zero-order valence-electron chi connectivity index (χ0n) is 16.2. The molecule has 3 N–H and O–H groups in total. The number of rotatable bonds is 4. The summed E-state index contributed by atoms with van der Waals surface area (Å²) in [6, 6.07) is 11.9. The average Bonchev–Trinajstić information content (AvgIpc) is 3.39. The van der Waals surface area contributed by atoms with Crippen molar-refractivity contribution in [1.29, 1.82) is 0 Å². The first-order valence-corrected chi connectivity index (χ1v) is 9.82. The molecule has 0 aliphatic carbocycles. The first-order valence-electron chi connectivity index (χ1n) is 9.82. The molecule has 30 heavy (non-hydrogen) atoms.